The van der Waals surface area contributed by atoms with Crippen molar-refractivity contribution >= 4 is 17.2 Å². The van der Waals surface area contributed by atoms with Crippen LogP contribution >= 0.6 is 11.3 Å². The summed E-state index contributed by atoms with van der Waals surface area (Å²) in [6, 6.07) is 4.08. The highest BCUT2D eigenvalue weighted by Crippen LogP contribution is 2.42. The van der Waals surface area contributed by atoms with E-state index in [-0.39, 0.29) is 5.91 Å². The molecule has 9 heteroatoms. The molecule has 5 rings (SSSR count). The van der Waals surface area contributed by atoms with Crippen LogP contribution in [-0.2, 0) is 4.74 Å². The van der Waals surface area contributed by atoms with Gasteiger partial charge in [0.15, 0.2) is 0 Å². The maximum atomic E-state index is 12.9. The van der Waals surface area contributed by atoms with E-state index in [4.69, 9.17) is 9.72 Å². The van der Waals surface area contributed by atoms with E-state index in [1.807, 2.05) is 24.6 Å². The van der Waals surface area contributed by atoms with Gasteiger partial charge in [-0.3, -0.25) is 9.69 Å². The quantitative estimate of drug-likeness (QED) is 0.610. The van der Waals surface area contributed by atoms with Gasteiger partial charge in [0.05, 0.1) is 41.2 Å². The van der Waals surface area contributed by atoms with Crippen LogP contribution in [0.25, 0.3) is 16.5 Å². The first-order chi connectivity index (χ1) is 15.2. The van der Waals surface area contributed by atoms with E-state index in [9.17, 15) is 4.79 Å². The second-order valence-corrected chi connectivity index (χ2v) is 8.97. The van der Waals surface area contributed by atoms with Crippen molar-refractivity contribution in [3.8, 4) is 16.5 Å². The number of carbonyl (C=O) groups excluding carboxylic acids is 1. The minimum absolute atomic E-state index is 0.0769. The number of ether oxygens (including phenoxy) is 1. The number of hydrogen-bond acceptors (Lipinski definition) is 7. The van der Waals surface area contributed by atoms with Gasteiger partial charge in [-0.2, -0.15) is 5.10 Å². The van der Waals surface area contributed by atoms with E-state index in [1.165, 1.54) is 0 Å². The summed E-state index contributed by atoms with van der Waals surface area (Å²) in [4.78, 5) is 25.7. The molecule has 0 spiro atoms. The number of nitrogens with zero attached hydrogens (tertiary/aromatic N) is 5. The van der Waals surface area contributed by atoms with Crippen LogP contribution in [0.3, 0.4) is 0 Å². The van der Waals surface area contributed by atoms with E-state index in [2.05, 4.69) is 26.4 Å². The van der Waals surface area contributed by atoms with Gasteiger partial charge in [0.25, 0.3) is 11.9 Å². The van der Waals surface area contributed by atoms with E-state index >= 15 is 0 Å². The normalized spacial score (nSPS) is 17.1. The van der Waals surface area contributed by atoms with Crippen molar-refractivity contribution in [1.29, 1.82) is 0 Å². The number of aromatic nitrogens is 4. The molecule has 0 bridgehead atoms. The van der Waals surface area contributed by atoms with Gasteiger partial charge in [0.2, 0.25) is 0 Å². The standard InChI is InChI=1S/C22H26N6O2S/c1-15-13-24-22(26-19(15)18-3-2-12-31-18)28-20(16-4-5-16)17(14-25-28)21(29)23-6-7-27-8-10-30-11-9-27/h2-3,12-14,16H,4-11H2,1H3,(H,23,29). The molecule has 162 valence electrons. The Morgan fingerprint density at radius 1 is 1.29 bits per heavy atom. The lowest BCUT2D eigenvalue weighted by Crippen LogP contribution is -2.41. The molecule has 1 saturated heterocycles. The zero-order chi connectivity index (χ0) is 21.2. The average Bonchev–Trinajstić information content (AvgIpc) is 3.30. The van der Waals surface area contributed by atoms with Gasteiger partial charge >= 0.3 is 0 Å². The monoisotopic (exact) mass is 438 g/mol. The first kappa shape index (κ1) is 20.3. The van der Waals surface area contributed by atoms with E-state index in [0.717, 1.165) is 67.5 Å². The molecule has 1 saturated carbocycles. The minimum atomic E-state index is -0.0769. The molecule has 1 aliphatic heterocycles. The third-order valence-electron chi connectivity index (χ3n) is 5.74. The SMILES string of the molecule is Cc1cnc(-n2ncc(C(=O)NCCN3CCOCC3)c2C2CC2)nc1-c1cccs1. The maximum absolute atomic E-state index is 12.9. The van der Waals surface area contributed by atoms with Crippen molar-refractivity contribution < 1.29 is 9.53 Å². The Labute approximate surface area is 185 Å². The zero-order valence-corrected chi connectivity index (χ0v) is 18.4. The Morgan fingerprint density at radius 2 is 2.13 bits per heavy atom. The molecule has 31 heavy (non-hydrogen) atoms. The van der Waals surface area contributed by atoms with Crippen LogP contribution in [0.1, 0.15) is 40.4 Å². The fourth-order valence-corrected chi connectivity index (χ4v) is 4.67. The van der Waals surface area contributed by atoms with Crippen molar-refractivity contribution in [1.82, 2.24) is 30.0 Å². The molecule has 1 N–H and O–H groups in total. The lowest BCUT2D eigenvalue weighted by atomic mass is 10.1. The predicted molar refractivity (Wildman–Crippen MR) is 119 cm³/mol. The van der Waals surface area contributed by atoms with Gasteiger partial charge in [-0.25, -0.2) is 14.6 Å². The molecule has 1 aliphatic carbocycles. The smallest absolute Gasteiger partial charge is 0.254 e. The summed E-state index contributed by atoms with van der Waals surface area (Å²) in [5.74, 6) is 0.771. The number of amides is 1. The molecule has 0 unspecified atom stereocenters. The number of aryl methyl sites for hydroxylation is 1. The molecule has 2 fully saturated rings. The summed E-state index contributed by atoms with van der Waals surface area (Å²) >= 11 is 1.65. The highest BCUT2D eigenvalue weighted by Gasteiger charge is 2.33. The number of rotatable bonds is 7. The topological polar surface area (TPSA) is 85.2 Å². The molecule has 0 atom stereocenters. The molecule has 1 amide bonds. The van der Waals surface area contributed by atoms with Crippen LogP contribution in [0, 0.1) is 6.92 Å². The minimum Gasteiger partial charge on any atom is -0.379 e. The van der Waals surface area contributed by atoms with Crippen LogP contribution in [0.5, 0.6) is 0 Å². The summed E-state index contributed by atoms with van der Waals surface area (Å²) in [6.07, 6.45) is 5.61. The third-order valence-corrected chi connectivity index (χ3v) is 6.61. The molecule has 3 aromatic rings. The second-order valence-electron chi connectivity index (χ2n) is 8.02. The van der Waals surface area contributed by atoms with Crippen LogP contribution in [-0.4, -0.2) is 69.9 Å². The summed E-state index contributed by atoms with van der Waals surface area (Å²) in [5.41, 5.74) is 3.48. The molecule has 8 nitrogen and oxygen atoms in total. The summed E-state index contributed by atoms with van der Waals surface area (Å²) in [5, 5.41) is 9.63. The number of thiophene rings is 1. The number of morpholine rings is 1. The van der Waals surface area contributed by atoms with E-state index in [0.29, 0.717) is 24.0 Å². The van der Waals surface area contributed by atoms with Crippen molar-refractivity contribution in [3.63, 3.8) is 0 Å². The first-order valence-corrected chi connectivity index (χ1v) is 11.6. The van der Waals surface area contributed by atoms with Crippen molar-refractivity contribution in [2.45, 2.75) is 25.7 Å². The van der Waals surface area contributed by atoms with Crippen LogP contribution in [0.15, 0.2) is 29.9 Å². The predicted octanol–water partition coefficient (Wildman–Crippen LogP) is 2.64. The molecule has 2 aliphatic rings. The average molecular weight is 439 g/mol. The molecular weight excluding hydrogens is 412 g/mol. The zero-order valence-electron chi connectivity index (χ0n) is 17.6. The highest BCUT2D eigenvalue weighted by atomic mass is 32.1. The summed E-state index contributed by atoms with van der Waals surface area (Å²) in [7, 11) is 0. The molecule has 0 aromatic carbocycles. The Hall–Kier alpha value is -2.62. The number of nitrogens with one attached hydrogen (secondary N) is 1. The Morgan fingerprint density at radius 3 is 2.87 bits per heavy atom. The lowest BCUT2D eigenvalue weighted by Gasteiger charge is -2.26. The number of carbonyl (C=O) groups is 1. The van der Waals surface area contributed by atoms with Gasteiger partial charge in [0, 0.05) is 38.3 Å². The van der Waals surface area contributed by atoms with Gasteiger partial charge in [-0.05, 0) is 36.8 Å². The van der Waals surface area contributed by atoms with Crippen molar-refractivity contribution in [3.05, 3.63) is 46.7 Å². The maximum Gasteiger partial charge on any atom is 0.254 e. The molecule has 3 aromatic heterocycles. The fraction of sp³-hybridized carbons (Fsp3) is 0.455. The molecule has 4 heterocycles. The van der Waals surface area contributed by atoms with Gasteiger partial charge in [-0.15, -0.1) is 11.3 Å². The van der Waals surface area contributed by atoms with Crippen molar-refractivity contribution in [2.75, 3.05) is 39.4 Å². The lowest BCUT2D eigenvalue weighted by molar-refractivity contribution is 0.0383. The Bertz CT molecular complexity index is 1050. The van der Waals surface area contributed by atoms with Crippen LogP contribution in [0.2, 0.25) is 0 Å². The Kier molecular flexibility index (Phi) is 5.80. The second kappa shape index (κ2) is 8.86. The Balaban J connectivity index is 1.36. The van der Waals surface area contributed by atoms with Crippen LogP contribution in [0.4, 0.5) is 0 Å². The van der Waals surface area contributed by atoms with E-state index in [1.54, 1.807) is 22.2 Å². The van der Waals surface area contributed by atoms with Gasteiger partial charge in [-0.1, -0.05) is 6.07 Å². The summed E-state index contributed by atoms with van der Waals surface area (Å²) in [6.45, 7) is 6.80. The van der Waals surface area contributed by atoms with Crippen LogP contribution < -0.4 is 5.32 Å². The highest BCUT2D eigenvalue weighted by molar-refractivity contribution is 7.13. The first-order valence-electron chi connectivity index (χ1n) is 10.7. The number of hydrogen-bond donors (Lipinski definition) is 1. The molecule has 0 radical (unpaired) electrons. The fourth-order valence-electron chi connectivity index (χ4n) is 3.89. The van der Waals surface area contributed by atoms with E-state index < -0.39 is 0 Å². The largest absolute Gasteiger partial charge is 0.379 e. The van der Waals surface area contributed by atoms with Gasteiger partial charge < -0.3 is 10.1 Å². The van der Waals surface area contributed by atoms with Crippen molar-refractivity contribution in [2.24, 2.45) is 0 Å². The molecular formula is C22H26N6O2S. The third kappa shape index (κ3) is 4.39. The summed E-state index contributed by atoms with van der Waals surface area (Å²) < 4.78 is 7.13. The van der Waals surface area contributed by atoms with Gasteiger partial charge in [0.1, 0.15) is 0 Å².